The van der Waals surface area contributed by atoms with Gasteiger partial charge in [0.1, 0.15) is 0 Å². The van der Waals surface area contributed by atoms with Crippen LogP contribution in [0.5, 0.6) is 0 Å². The third-order valence-corrected chi connectivity index (χ3v) is 5.18. The first-order valence-corrected chi connectivity index (χ1v) is 8.13. The summed E-state index contributed by atoms with van der Waals surface area (Å²) in [6, 6.07) is 0.325. The standard InChI is InChI=1S/C16H31N3O/c1-13-12-18(4)9-6-10-19(13)15(20)16(2,3)14-7-5-8-17-11-14/h13-14,17H,5-12H2,1-4H3. The summed E-state index contributed by atoms with van der Waals surface area (Å²) < 4.78 is 0. The number of piperidine rings is 1. The van der Waals surface area contributed by atoms with Gasteiger partial charge in [0.05, 0.1) is 0 Å². The number of carbonyl (C=O) groups excluding carboxylic acids is 1. The molecule has 4 nitrogen and oxygen atoms in total. The molecule has 2 heterocycles. The summed E-state index contributed by atoms with van der Waals surface area (Å²) in [5.74, 6) is 0.825. The van der Waals surface area contributed by atoms with Gasteiger partial charge in [0, 0.05) is 24.5 Å². The summed E-state index contributed by atoms with van der Waals surface area (Å²) in [4.78, 5) is 17.5. The van der Waals surface area contributed by atoms with E-state index in [0.29, 0.717) is 17.9 Å². The van der Waals surface area contributed by atoms with E-state index in [9.17, 15) is 4.79 Å². The first-order chi connectivity index (χ1) is 9.43. The maximum absolute atomic E-state index is 13.1. The van der Waals surface area contributed by atoms with Crippen LogP contribution in [0.25, 0.3) is 0 Å². The van der Waals surface area contributed by atoms with Gasteiger partial charge in [-0.05, 0) is 58.8 Å². The third kappa shape index (κ3) is 3.34. The van der Waals surface area contributed by atoms with Crippen LogP contribution >= 0.6 is 0 Å². The lowest BCUT2D eigenvalue weighted by Gasteiger charge is -2.41. The molecule has 0 radical (unpaired) electrons. The maximum Gasteiger partial charge on any atom is 0.228 e. The molecule has 2 unspecified atom stereocenters. The Morgan fingerprint density at radius 1 is 1.25 bits per heavy atom. The van der Waals surface area contributed by atoms with Gasteiger partial charge in [0.2, 0.25) is 5.91 Å². The van der Waals surface area contributed by atoms with Crippen LogP contribution in [0.15, 0.2) is 0 Å². The van der Waals surface area contributed by atoms with Crippen molar-refractivity contribution in [2.75, 3.05) is 39.8 Å². The van der Waals surface area contributed by atoms with Crippen LogP contribution in [0, 0.1) is 11.3 Å². The largest absolute Gasteiger partial charge is 0.338 e. The van der Waals surface area contributed by atoms with Gasteiger partial charge in [0.25, 0.3) is 0 Å². The Hall–Kier alpha value is -0.610. The molecule has 0 aromatic heterocycles. The summed E-state index contributed by atoms with van der Waals surface area (Å²) in [5.41, 5.74) is -0.245. The number of nitrogens with one attached hydrogen (secondary N) is 1. The van der Waals surface area contributed by atoms with Gasteiger partial charge in [-0.2, -0.15) is 0 Å². The van der Waals surface area contributed by atoms with E-state index in [2.05, 4.69) is 42.9 Å². The van der Waals surface area contributed by atoms with Gasteiger partial charge in [0.15, 0.2) is 0 Å². The second-order valence-electron chi connectivity index (χ2n) is 7.23. The van der Waals surface area contributed by atoms with E-state index in [4.69, 9.17) is 0 Å². The molecule has 0 bridgehead atoms. The minimum atomic E-state index is -0.245. The lowest BCUT2D eigenvalue weighted by atomic mass is 9.73. The Labute approximate surface area is 123 Å². The molecule has 0 aliphatic carbocycles. The predicted octanol–water partition coefficient (Wildman–Crippen LogP) is 1.56. The minimum Gasteiger partial charge on any atom is -0.338 e. The van der Waals surface area contributed by atoms with Crippen molar-refractivity contribution in [3.8, 4) is 0 Å². The van der Waals surface area contributed by atoms with Gasteiger partial charge < -0.3 is 15.1 Å². The fraction of sp³-hybridized carbons (Fsp3) is 0.938. The van der Waals surface area contributed by atoms with E-state index in [1.54, 1.807) is 0 Å². The van der Waals surface area contributed by atoms with Gasteiger partial charge in [-0.3, -0.25) is 4.79 Å². The molecular weight excluding hydrogens is 250 g/mol. The zero-order valence-electron chi connectivity index (χ0n) is 13.6. The van der Waals surface area contributed by atoms with Crippen molar-refractivity contribution in [3.05, 3.63) is 0 Å². The average molecular weight is 281 g/mol. The number of hydrogen-bond acceptors (Lipinski definition) is 3. The summed E-state index contributed by atoms with van der Waals surface area (Å²) in [6.07, 6.45) is 3.46. The molecule has 2 aliphatic heterocycles. The fourth-order valence-corrected chi connectivity index (χ4v) is 3.69. The number of hydrogen-bond donors (Lipinski definition) is 1. The Bertz CT molecular complexity index is 337. The quantitative estimate of drug-likeness (QED) is 0.834. The summed E-state index contributed by atoms with van der Waals surface area (Å²) in [6.45, 7) is 11.6. The third-order valence-electron chi connectivity index (χ3n) is 5.18. The smallest absolute Gasteiger partial charge is 0.228 e. The van der Waals surface area contributed by atoms with Gasteiger partial charge in [-0.1, -0.05) is 13.8 Å². The van der Waals surface area contributed by atoms with Gasteiger partial charge >= 0.3 is 0 Å². The highest BCUT2D eigenvalue weighted by Crippen LogP contribution is 2.34. The second kappa shape index (κ2) is 6.44. The summed E-state index contributed by atoms with van der Waals surface area (Å²) >= 11 is 0. The molecule has 116 valence electrons. The highest BCUT2D eigenvalue weighted by molar-refractivity contribution is 5.82. The van der Waals surface area contributed by atoms with E-state index in [0.717, 1.165) is 39.1 Å². The number of carbonyl (C=O) groups is 1. The minimum absolute atomic E-state index is 0.245. The van der Waals surface area contributed by atoms with E-state index in [1.165, 1.54) is 12.8 Å². The number of nitrogens with zero attached hydrogens (tertiary/aromatic N) is 2. The molecule has 2 saturated heterocycles. The van der Waals surface area contributed by atoms with Crippen LogP contribution in [0.2, 0.25) is 0 Å². The van der Waals surface area contributed by atoms with Crippen LogP contribution in [0.4, 0.5) is 0 Å². The first kappa shape index (κ1) is 15.8. The molecule has 0 saturated carbocycles. The second-order valence-corrected chi connectivity index (χ2v) is 7.23. The Balaban J connectivity index is 2.07. The Kier molecular flexibility index (Phi) is 5.08. The van der Waals surface area contributed by atoms with E-state index >= 15 is 0 Å². The van der Waals surface area contributed by atoms with Crippen LogP contribution in [0.3, 0.4) is 0 Å². The molecule has 0 aromatic rings. The maximum atomic E-state index is 13.1. The van der Waals surface area contributed by atoms with Crippen molar-refractivity contribution in [2.24, 2.45) is 11.3 Å². The fourth-order valence-electron chi connectivity index (χ4n) is 3.69. The van der Waals surface area contributed by atoms with Crippen LogP contribution in [0.1, 0.15) is 40.0 Å². The highest BCUT2D eigenvalue weighted by atomic mass is 16.2. The molecular formula is C16H31N3O. The first-order valence-electron chi connectivity index (χ1n) is 8.13. The Morgan fingerprint density at radius 3 is 2.65 bits per heavy atom. The zero-order chi connectivity index (χ0) is 14.8. The average Bonchev–Trinajstić information content (AvgIpc) is 2.59. The van der Waals surface area contributed by atoms with E-state index in [-0.39, 0.29) is 5.41 Å². The van der Waals surface area contributed by atoms with Crippen molar-refractivity contribution < 1.29 is 4.79 Å². The topological polar surface area (TPSA) is 35.6 Å². The molecule has 4 heteroatoms. The van der Waals surface area contributed by atoms with Crippen molar-refractivity contribution >= 4 is 5.91 Å². The molecule has 2 fully saturated rings. The molecule has 1 amide bonds. The van der Waals surface area contributed by atoms with E-state index in [1.807, 2.05) is 0 Å². The predicted molar refractivity (Wildman–Crippen MR) is 82.7 cm³/mol. The number of amides is 1. The zero-order valence-corrected chi connectivity index (χ0v) is 13.6. The van der Waals surface area contributed by atoms with E-state index < -0.39 is 0 Å². The molecule has 2 aliphatic rings. The lowest BCUT2D eigenvalue weighted by molar-refractivity contribution is -0.145. The van der Waals surface area contributed by atoms with Crippen LogP contribution in [-0.2, 0) is 4.79 Å². The van der Waals surface area contributed by atoms with Crippen molar-refractivity contribution in [1.82, 2.24) is 15.1 Å². The molecule has 20 heavy (non-hydrogen) atoms. The van der Waals surface area contributed by atoms with Crippen molar-refractivity contribution in [1.29, 1.82) is 0 Å². The SMILES string of the molecule is CC1CN(C)CCCN1C(=O)C(C)(C)C1CCCNC1. The van der Waals surface area contributed by atoms with Crippen LogP contribution in [-0.4, -0.2) is 61.5 Å². The number of rotatable bonds is 2. The highest BCUT2D eigenvalue weighted by Gasteiger charge is 2.41. The van der Waals surface area contributed by atoms with Crippen LogP contribution < -0.4 is 5.32 Å². The summed E-state index contributed by atoms with van der Waals surface area (Å²) in [5, 5.41) is 3.45. The normalized spacial score (nSPS) is 30.1. The lowest BCUT2D eigenvalue weighted by Crippen LogP contribution is -2.52. The number of likely N-dealkylation sites (N-methyl/N-ethyl adjacent to an activating group) is 1. The molecule has 2 atom stereocenters. The molecule has 0 spiro atoms. The molecule has 1 N–H and O–H groups in total. The van der Waals surface area contributed by atoms with Crippen molar-refractivity contribution in [2.45, 2.75) is 46.1 Å². The molecule has 0 aromatic carbocycles. The molecule has 2 rings (SSSR count). The monoisotopic (exact) mass is 281 g/mol. The van der Waals surface area contributed by atoms with Gasteiger partial charge in [-0.25, -0.2) is 0 Å². The summed E-state index contributed by atoms with van der Waals surface area (Å²) in [7, 11) is 2.15. The van der Waals surface area contributed by atoms with Gasteiger partial charge in [-0.15, -0.1) is 0 Å². The van der Waals surface area contributed by atoms with Crippen molar-refractivity contribution in [3.63, 3.8) is 0 Å². The Morgan fingerprint density at radius 2 is 2.00 bits per heavy atom.